The van der Waals surface area contributed by atoms with Crippen molar-refractivity contribution in [1.82, 2.24) is 0 Å². The number of benzene rings is 1. The molecule has 0 amide bonds. The fraction of sp³-hybridized carbons (Fsp3) is 0. The molecule has 0 radical (unpaired) electrons. The highest BCUT2D eigenvalue weighted by atomic mass is 35.5. The van der Waals surface area contributed by atoms with Crippen LogP contribution in [0.2, 0.25) is 5.02 Å². The Bertz CT molecular complexity index is 316. The zero-order valence-electron chi connectivity index (χ0n) is 5.88. The average Bonchev–Trinajstić information content (AvgIpc) is 2.03. The van der Waals surface area contributed by atoms with Gasteiger partial charge >= 0.3 is 0 Å². The van der Waals surface area contributed by atoms with Gasteiger partial charge < -0.3 is 0 Å². The van der Waals surface area contributed by atoms with E-state index in [-0.39, 0.29) is 16.9 Å². The number of hydrogen-bond donors (Lipinski definition) is 0. The van der Waals surface area contributed by atoms with Crippen LogP contribution in [0.3, 0.4) is 0 Å². The van der Waals surface area contributed by atoms with Crippen LogP contribution in [0.5, 0.6) is 0 Å². The van der Waals surface area contributed by atoms with E-state index >= 15 is 0 Å². The highest BCUT2D eigenvalue weighted by Gasteiger charge is 2.13. The molecule has 2 nitrogen and oxygen atoms in total. The van der Waals surface area contributed by atoms with E-state index in [2.05, 4.69) is 0 Å². The van der Waals surface area contributed by atoms with Gasteiger partial charge in [-0.15, -0.1) is 0 Å². The van der Waals surface area contributed by atoms with Crippen LogP contribution in [0.25, 0.3) is 0 Å². The molecule has 0 aliphatic rings. The summed E-state index contributed by atoms with van der Waals surface area (Å²) in [6.45, 7) is 0. The smallest absolute Gasteiger partial charge is 0.229 e. The maximum absolute atomic E-state index is 12.8. The maximum Gasteiger partial charge on any atom is 0.229 e. The summed E-state index contributed by atoms with van der Waals surface area (Å²) < 4.78 is 12.8. The lowest BCUT2D eigenvalue weighted by Crippen LogP contribution is -2.03. The molecule has 1 aromatic carbocycles. The Kier molecular flexibility index (Phi) is 2.55. The van der Waals surface area contributed by atoms with E-state index < -0.39 is 11.6 Å². The van der Waals surface area contributed by atoms with E-state index in [1.165, 1.54) is 12.1 Å². The molecule has 1 rings (SSSR count). The third-order valence-electron chi connectivity index (χ3n) is 1.32. The zero-order chi connectivity index (χ0) is 9.14. The summed E-state index contributed by atoms with van der Waals surface area (Å²) in [5.41, 5.74) is -0.367. The summed E-state index contributed by atoms with van der Waals surface area (Å²) >= 11 is 5.48. The molecular weight excluding hydrogens is 183 g/mol. The second kappa shape index (κ2) is 3.45. The minimum atomic E-state index is -0.946. The first-order valence-corrected chi connectivity index (χ1v) is 3.48. The second-order valence-corrected chi connectivity index (χ2v) is 2.49. The van der Waals surface area contributed by atoms with Crippen molar-refractivity contribution in [1.29, 1.82) is 0 Å². The lowest BCUT2D eigenvalue weighted by molar-refractivity contribution is -0.104. The first kappa shape index (κ1) is 8.87. The predicted octanol–water partition coefficient (Wildman–Crippen LogP) is 1.86. The fourth-order valence-electron chi connectivity index (χ4n) is 0.792. The van der Waals surface area contributed by atoms with E-state index in [4.69, 9.17) is 11.6 Å². The molecule has 0 heterocycles. The van der Waals surface area contributed by atoms with Crippen molar-refractivity contribution in [3.05, 3.63) is 34.6 Å². The molecule has 0 aliphatic heterocycles. The van der Waals surface area contributed by atoms with E-state index in [1.54, 1.807) is 0 Å². The van der Waals surface area contributed by atoms with Crippen LogP contribution < -0.4 is 0 Å². The van der Waals surface area contributed by atoms with Gasteiger partial charge in [0, 0.05) is 0 Å². The van der Waals surface area contributed by atoms with Gasteiger partial charge in [0.1, 0.15) is 5.82 Å². The van der Waals surface area contributed by atoms with Gasteiger partial charge in [-0.3, -0.25) is 9.59 Å². The molecule has 0 aliphatic carbocycles. The first-order valence-electron chi connectivity index (χ1n) is 3.10. The van der Waals surface area contributed by atoms with Crippen molar-refractivity contribution in [2.75, 3.05) is 0 Å². The molecule has 0 aromatic heterocycles. The maximum atomic E-state index is 12.8. The van der Waals surface area contributed by atoms with Crippen LogP contribution in [0.4, 0.5) is 4.39 Å². The summed E-state index contributed by atoms with van der Waals surface area (Å²) in [5.74, 6) is -1.72. The lowest BCUT2D eigenvalue weighted by Gasteiger charge is -1.98. The summed E-state index contributed by atoms with van der Waals surface area (Å²) in [5, 5.41) is -0.0490. The Morgan fingerprint density at radius 3 is 2.67 bits per heavy atom. The van der Waals surface area contributed by atoms with Crippen molar-refractivity contribution in [3.8, 4) is 0 Å². The van der Waals surface area contributed by atoms with Gasteiger partial charge in [-0.2, -0.15) is 0 Å². The number of hydrogen-bond acceptors (Lipinski definition) is 2. The van der Waals surface area contributed by atoms with Crippen molar-refractivity contribution < 1.29 is 14.0 Å². The number of halogens is 2. The molecule has 62 valence electrons. The van der Waals surface area contributed by atoms with E-state index in [0.717, 1.165) is 6.07 Å². The number of aldehydes is 1. The lowest BCUT2D eigenvalue weighted by atomic mass is 10.1. The molecule has 1 aromatic rings. The summed E-state index contributed by atoms with van der Waals surface area (Å²) in [7, 11) is 0. The SMILES string of the molecule is O=CC(=O)c1c(F)cccc1Cl. The number of ketones is 1. The largest absolute Gasteiger partial charge is 0.294 e. The van der Waals surface area contributed by atoms with Gasteiger partial charge in [0.25, 0.3) is 0 Å². The van der Waals surface area contributed by atoms with E-state index in [1.807, 2.05) is 0 Å². The van der Waals surface area contributed by atoms with Crippen molar-refractivity contribution >= 4 is 23.7 Å². The molecule has 12 heavy (non-hydrogen) atoms. The average molecular weight is 187 g/mol. The van der Waals surface area contributed by atoms with Gasteiger partial charge in [0.05, 0.1) is 10.6 Å². The Morgan fingerprint density at radius 2 is 2.17 bits per heavy atom. The number of Topliss-reactive ketones (excluding diaryl/α,β-unsaturated/α-hetero) is 1. The van der Waals surface area contributed by atoms with Crippen LogP contribution in [0.1, 0.15) is 10.4 Å². The summed E-state index contributed by atoms with van der Waals surface area (Å²) in [4.78, 5) is 20.8. The first-order chi connectivity index (χ1) is 5.66. The molecule has 0 saturated carbocycles. The normalized spacial score (nSPS) is 9.50. The summed E-state index contributed by atoms with van der Waals surface area (Å²) in [6.07, 6.45) is 0.0320. The number of carbonyl (C=O) groups is 2. The molecule has 0 N–H and O–H groups in total. The van der Waals surface area contributed by atoms with Crippen LogP contribution in [-0.4, -0.2) is 12.1 Å². The Labute approximate surface area is 73.0 Å². The third-order valence-corrected chi connectivity index (χ3v) is 1.63. The number of carbonyl (C=O) groups excluding carboxylic acids is 2. The van der Waals surface area contributed by atoms with Crippen LogP contribution in [0, 0.1) is 5.82 Å². The molecule has 0 bridgehead atoms. The predicted molar refractivity (Wildman–Crippen MR) is 41.8 cm³/mol. The second-order valence-electron chi connectivity index (χ2n) is 2.08. The standard InChI is InChI=1S/C8H4ClFO2/c9-5-2-1-3-6(10)8(5)7(12)4-11/h1-4H. The molecule has 0 unspecified atom stereocenters. The van der Waals surface area contributed by atoms with Gasteiger partial charge in [-0.05, 0) is 12.1 Å². The minimum Gasteiger partial charge on any atom is -0.294 e. The van der Waals surface area contributed by atoms with E-state index in [9.17, 15) is 14.0 Å². The molecule has 0 spiro atoms. The minimum absolute atomic E-state index is 0.0320. The highest BCUT2D eigenvalue weighted by Crippen LogP contribution is 2.18. The molecule has 0 fully saturated rings. The van der Waals surface area contributed by atoms with Gasteiger partial charge in [0.2, 0.25) is 5.78 Å². The Balaban J connectivity index is 3.30. The quantitative estimate of drug-likeness (QED) is 0.401. The van der Waals surface area contributed by atoms with Gasteiger partial charge in [-0.25, -0.2) is 4.39 Å². The Hall–Kier alpha value is -1.22. The third kappa shape index (κ3) is 1.51. The molecule has 4 heteroatoms. The zero-order valence-corrected chi connectivity index (χ0v) is 6.64. The van der Waals surface area contributed by atoms with Crippen molar-refractivity contribution in [3.63, 3.8) is 0 Å². The van der Waals surface area contributed by atoms with Gasteiger partial charge in [-0.1, -0.05) is 17.7 Å². The molecule has 0 saturated heterocycles. The monoisotopic (exact) mass is 186 g/mol. The summed E-state index contributed by atoms with van der Waals surface area (Å²) in [6, 6.07) is 3.78. The molecular formula is C8H4ClFO2. The van der Waals surface area contributed by atoms with Crippen molar-refractivity contribution in [2.45, 2.75) is 0 Å². The number of rotatable bonds is 2. The van der Waals surface area contributed by atoms with Gasteiger partial charge in [0.15, 0.2) is 6.29 Å². The van der Waals surface area contributed by atoms with Crippen LogP contribution in [-0.2, 0) is 4.79 Å². The highest BCUT2D eigenvalue weighted by molar-refractivity contribution is 6.41. The van der Waals surface area contributed by atoms with Crippen LogP contribution in [0.15, 0.2) is 18.2 Å². The fourth-order valence-corrected chi connectivity index (χ4v) is 1.05. The van der Waals surface area contributed by atoms with Crippen molar-refractivity contribution in [2.24, 2.45) is 0 Å². The topological polar surface area (TPSA) is 34.1 Å². The van der Waals surface area contributed by atoms with E-state index in [0.29, 0.717) is 0 Å². The molecule has 0 atom stereocenters. The Morgan fingerprint density at radius 1 is 1.50 bits per heavy atom. The van der Waals surface area contributed by atoms with Crippen LogP contribution >= 0.6 is 11.6 Å².